The summed E-state index contributed by atoms with van der Waals surface area (Å²) >= 11 is 0. The lowest BCUT2D eigenvalue weighted by Gasteiger charge is -2.74. The van der Waals surface area contributed by atoms with E-state index >= 15 is 4.79 Å². The van der Waals surface area contributed by atoms with Crippen LogP contribution in [0.25, 0.3) is 0 Å². The number of aromatic nitrogens is 4. The molecule has 0 bridgehead atoms. The van der Waals surface area contributed by atoms with Crippen molar-refractivity contribution in [3.63, 3.8) is 0 Å². The van der Waals surface area contributed by atoms with Crippen LogP contribution in [0.5, 0.6) is 0 Å². The Kier molecular flexibility index (Phi) is 18.1. The average molecular weight is 1160 g/mol. The van der Waals surface area contributed by atoms with Gasteiger partial charge in [0.15, 0.2) is 6.29 Å². The Morgan fingerprint density at radius 3 is 2.25 bits per heavy atom. The number of carboxylic acids is 1. The zero-order valence-corrected chi connectivity index (χ0v) is 50.4. The molecule has 83 heavy (non-hydrogen) atoms. The van der Waals surface area contributed by atoms with Gasteiger partial charge in [-0.15, -0.1) is 0 Å². The highest BCUT2D eigenvalue weighted by Crippen LogP contribution is 2.79. The predicted molar refractivity (Wildman–Crippen MR) is 309 cm³/mol. The van der Waals surface area contributed by atoms with Crippen molar-refractivity contribution in [3.8, 4) is 0 Å². The number of hydrogen-bond donors (Lipinski definition) is 14. The Labute approximate surface area is 490 Å². The maximum atomic E-state index is 15.3. The molecule has 2 saturated heterocycles. The third kappa shape index (κ3) is 10.5. The second-order valence-electron chi connectivity index (χ2n) is 29.4. The number of aliphatic hydroxyl groups is 7. The van der Waals surface area contributed by atoms with Gasteiger partial charge < -0.3 is 82.0 Å². The number of carboxylic acid groups (broad SMARTS) is 1. The predicted octanol–water partition coefficient (Wildman–Crippen LogP) is 4.11. The van der Waals surface area contributed by atoms with Crippen molar-refractivity contribution in [1.82, 2.24) is 35.9 Å². The normalized spacial score (nSPS) is 43.2. The summed E-state index contributed by atoms with van der Waals surface area (Å²) in [6, 6.07) is -0.501. The maximum absolute atomic E-state index is 15.3. The third-order valence-electron chi connectivity index (χ3n) is 24.9. The highest BCUT2D eigenvalue weighted by molar-refractivity contribution is 5.86. The van der Waals surface area contributed by atoms with Gasteiger partial charge >= 0.3 is 5.97 Å². The average Bonchev–Trinajstić information content (AvgIpc) is 2.47. The van der Waals surface area contributed by atoms with Crippen LogP contribution in [0.2, 0.25) is 0 Å². The fraction of sp³-hybridized carbons (Fsp3) is 0.841. The highest BCUT2D eigenvalue weighted by Gasteiger charge is 2.75. The van der Waals surface area contributed by atoms with E-state index in [0.717, 1.165) is 49.3 Å². The quantitative estimate of drug-likeness (QED) is 0.0341. The Bertz CT molecular complexity index is 2570. The van der Waals surface area contributed by atoms with Crippen molar-refractivity contribution in [3.05, 3.63) is 48.1 Å². The van der Waals surface area contributed by atoms with E-state index < -0.39 is 117 Å². The van der Waals surface area contributed by atoms with Gasteiger partial charge in [0.1, 0.15) is 24.5 Å². The molecule has 6 aliphatic carbocycles. The van der Waals surface area contributed by atoms with Gasteiger partial charge in [-0.1, -0.05) is 73.0 Å². The minimum Gasteiger partial charge on any atom is -0.481 e. The van der Waals surface area contributed by atoms with E-state index in [-0.39, 0.29) is 48.7 Å². The van der Waals surface area contributed by atoms with Crippen LogP contribution in [0.4, 0.5) is 0 Å². The number of amides is 1. The third-order valence-corrected chi connectivity index (χ3v) is 24.9. The van der Waals surface area contributed by atoms with Crippen molar-refractivity contribution in [2.24, 2.45) is 91.0 Å². The summed E-state index contributed by atoms with van der Waals surface area (Å²) in [5, 5.41) is 104. The Morgan fingerprint density at radius 2 is 1.60 bits per heavy atom. The van der Waals surface area contributed by atoms with Crippen LogP contribution >= 0.6 is 0 Å². The van der Waals surface area contributed by atoms with Gasteiger partial charge in [0.25, 0.3) is 0 Å². The van der Waals surface area contributed by atoms with Crippen molar-refractivity contribution in [2.45, 2.75) is 200 Å². The minimum absolute atomic E-state index is 0.0319. The van der Waals surface area contributed by atoms with Crippen LogP contribution in [0.1, 0.15) is 156 Å². The lowest BCUT2D eigenvalue weighted by atomic mass is 9.30. The number of rotatable bonds is 22. The fourth-order valence-corrected chi connectivity index (χ4v) is 19.9. The molecule has 22 atom stereocenters. The summed E-state index contributed by atoms with van der Waals surface area (Å²) in [7, 11) is 0. The van der Waals surface area contributed by atoms with E-state index in [1.165, 1.54) is 0 Å². The van der Waals surface area contributed by atoms with E-state index in [1.54, 1.807) is 18.9 Å². The molecule has 5 saturated carbocycles. The minimum atomic E-state index is -1.67. The number of hydrogen-bond acceptors (Lipinski definition) is 16. The van der Waals surface area contributed by atoms with Gasteiger partial charge in [-0.05, 0) is 153 Å². The number of nitrogens with one attached hydrogen (secondary N) is 5. The molecule has 1 spiro atoms. The van der Waals surface area contributed by atoms with E-state index in [4.69, 9.17) is 15.2 Å². The number of nitrogens with zero attached hydrogens (tertiary/aromatic N) is 2. The van der Waals surface area contributed by atoms with Crippen LogP contribution in [0, 0.1) is 85.2 Å². The Hall–Kier alpha value is -3.38. The largest absolute Gasteiger partial charge is 0.481 e. The number of aliphatic hydroxyl groups excluding tert-OH is 7. The number of fused-ring (bicyclic) bond motifs is 7. The summed E-state index contributed by atoms with van der Waals surface area (Å²) in [5.41, 5.74) is 3.90. The first-order chi connectivity index (χ1) is 39.4. The van der Waals surface area contributed by atoms with E-state index in [9.17, 15) is 45.6 Å². The summed E-state index contributed by atoms with van der Waals surface area (Å²) in [6.45, 7) is 17.5. The molecule has 2 aromatic rings. The number of ether oxygens (including phenoxy) is 2. The summed E-state index contributed by atoms with van der Waals surface area (Å²) < 4.78 is 12.8. The summed E-state index contributed by atoms with van der Waals surface area (Å²) in [5.74, 6) is -3.07. The molecule has 2 aromatic heterocycles. The molecular weight excluding hydrogens is 1060 g/mol. The highest BCUT2D eigenvalue weighted by atomic mass is 16.7. The van der Waals surface area contributed by atoms with Crippen LogP contribution < -0.4 is 21.7 Å². The zero-order chi connectivity index (χ0) is 59.7. The first kappa shape index (κ1) is 62.7. The molecule has 2 aliphatic heterocycles. The smallest absolute Gasteiger partial charge is 0.310 e. The number of aliphatic carboxylic acids is 1. The molecule has 15 N–H and O–H groups in total. The molecule has 0 radical (unpaired) electrons. The monoisotopic (exact) mass is 1160 g/mol. The van der Waals surface area contributed by atoms with Crippen molar-refractivity contribution in [2.75, 3.05) is 46.0 Å². The van der Waals surface area contributed by atoms with E-state index in [2.05, 4.69) is 83.5 Å². The number of aromatic amines is 2. The van der Waals surface area contributed by atoms with Crippen molar-refractivity contribution >= 4 is 11.9 Å². The van der Waals surface area contributed by atoms with Gasteiger partial charge in [0.05, 0.1) is 48.9 Å². The van der Waals surface area contributed by atoms with Gasteiger partial charge in [-0.25, -0.2) is 9.97 Å². The van der Waals surface area contributed by atoms with Gasteiger partial charge in [-0.2, -0.15) is 0 Å². The number of allylic oxidation sites excluding steroid dienone is 2. The maximum Gasteiger partial charge on any atom is 0.310 e. The number of nitrogens with two attached hydrogens (primary N) is 1. The molecule has 4 heterocycles. The molecule has 10 rings (SSSR count). The second kappa shape index (κ2) is 24.0. The van der Waals surface area contributed by atoms with Crippen LogP contribution in [-0.2, 0) is 25.5 Å². The van der Waals surface area contributed by atoms with E-state index in [0.29, 0.717) is 96.1 Å². The molecular formula is C63H102N8O12. The summed E-state index contributed by atoms with van der Waals surface area (Å²) in [6.07, 6.45) is 8.77. The second-order valence-corrected chi connectivity index (χ2v) is 29.4. The molecule has 1 amide bonds. The number of imidazole rings is 2. The Morgan fingerprint density at radius 1 is 0.880 bits per heavy atom. The first-order valence-electron chi connectivity index (χ1n) is 31.7. The van der Waals surface area contributed by atoms with Gasteiger partial charge in [0.2, 0.25) is 5.91 Å². The number of H-pyrrole nitrogens is 2. The fourth-order valence-electron chi connectivity index (χ4n) is 19.9. The van der Waals surface area contributed by atoms with Crippen LogP contribution in [-0.4, -0.2) is 168 Å². The van der Waals surface area contributed by atoms with Crippen LogP contribution in [0.3, 0.4) is 0 Å². The van der Waals surface area contributed by atoms with Gasteiger partial charge in [-0.3, -0.25) is 9.59 Å². The molecule has 8 aliphatic rings. The lowest BCUT2D eigenvalue weighted by molar-refractivity contribution is -0.341. The van der Waals surface area contributed by atoms with Crippen molar-refractivity contribution < 1.29 is 59.9 Å². The molecule has 0 unspecified atom stereocenters. The molecule has 7 fully saturated rings. The first-order valence-corrected chi connectivity index (χ1v) is 31.7. The lowest BCUT2D eigenvalue weighted by Crippen LogP contribution is -2.73. The molecule has 20 heteroatoms. The standard InChI is InChI=1S/C63H102N8O12/c1-35(2)13-19-65-20-21-66-27-36(53(64)78)22-39(44-29-68-34-70-44)48-41(62(55(79)71-48)14-8-9-15-62)24-42-49(75)52(83-54-51(77)50(76)45(74)30-82-54)58(4,32-73)46-12-16-59(5)47(60(42,46)6)11-10-40-43-26-57(3,31-72)17-18-63(43,56(80)81)25-37(61(40,59)7)23-38-28-67-33-69-38/h10,28-29,33-37,39,41-43,45-54,65-66,72-78H,8-9,11-27,30-32,64H2,1-7H3,(H,67,69)(H,68,70)(H,71,79)(H,80,81)/t36-,37-,39-,41+,42-,43-,45+,46+,47-,48+,49+,50-,51+,52+,53-,54-,57-,58-,59+,60-,61+,63-/m0/s1. The molecule has 20 nitrogen and oxygen atoms in total. The SMILES string of the molecule is CC(C)CCNCCNC[C@H](C[C@@H](c1cnc[nH]1)[C@H]1NC(=O)C2(CCCC2)[C@@H]1C[C@H]1[C@@H](O)[C@@H](O[C@@H]2OC[C@@H](O)[C@H](O)[C@H]2O)[C@@](C)(CO)[C@H]2CC[C@]3(C)[C@H](CC=C4[C@@H]5C[C@@](C)(CO)CC[C@]5(C(=O)O)C[C@H](Cc5cnc[nH]5)[C@]43C)[C@]21C)[C@@H](N)O. The number of carbonyl (C=O) groups is 2. The Balaban J connectivity index is 1.10. The summed E-state index contributed by atoms with van der Waals surface area (Å²) in [4.78, 5) is 45.1. The van der Waals surface area contributed by atoms with Gasteiger partial charge in [0, 0.05) is 73.3 Å². The molecule has 0 aromatic carbocycles. The topological polar surface area (TPSA) is 334 Å². The van der Waals surface area contributed by atoms with E-state index in [1.807, 2.05) is 13.1 Å². The number of carbonyl (C=O) groups excluding carboxylic acids is 1. The molecule has 466 valence electrons. The zero-order valence-electron chi connectivity index (χ0n) is 50.4. The van der Waals surface area contributed by atoms with Crippen molar-refractivity contribution in [1.29, 1.82) is 0 Å². The van der Waals surface area contributed by atoms with Crippen LogP contribution in [0.15, 0.2) is 36.7 Å².